The summed E-state index contributed by atoms with van der Waals surface area (Å²) in [5, 5.41) is 10.7. The molecule has 0 amide bonds. The van der Waals surface area contributed by atoms with E-state index in [1.807, 2.05) is 0 Å². The SMILES string of the molecule is O=C1C=C(c2ccsc2C(=O)O)C(=O)c2ccccc21. The van der Waals surface area contributed by atoms with E-state index in [4.69, 9.17) is 5.11 Å². The molecule has 98 valence electrons. The molecule has 0 unspecified atom stereocenters. The molecule has 1 aromatic heterocycles. The maximum atomic E-state index is 12.4. The number of carbonyl (C=O) groups is 3. The number of carbonyl (C=O) groups excluding carboxylic acids is 2. The van der Waals surface area contributed by atoms with Crippen LogP contribution in [0.3, 0.4) is 0 Å². The average Bonchev–Trinajstić information content (AvgIpc) is 2.92. The summed E-state index contributed by atoms with van der Waals surface area (Å²) >= 11 is 1.03. The van der Waals surface area contributed by atoms with Gasteiger partial charge in [0.2, 0.25) is 0 Å². The molecule has 0 spiro atoms. The van der Waals surface area contributed by atoms with Crippen LogP contribution in [0.5, 0.6) is 0 Å². The first-order valence-electron chi connectivity index (χ1n) is 5.80. The quantitative estimate of drug-likeness (QED) is 0.920. The number of fused-ring (bicyclic) bond motifs is 1. The normalized spacial score (nSPS) is 13.9. The summed E-state index contributed by atoms with van der Waals surface area (Å²) in [6, 6.07) is 8.10. The molecule has 0 saturated carbocycles. The number of carboxylic acids is 1. The highest BCUT2D eigenvalue weighted by Gasteiger charge is 2.28. The Morgan fingerprint density at radius 1 is 1.00 bits per heavy atom. The van der Waals surface area contributed by atoms with Crippen molar-refractivity contribution in [1.82, 2.24) is 0 Å². The van der Waals surface area contributed by atoms with Crippen LogP contribution >= 0.6 is 11.3 Å². The van der Waals surface area contributed by atoms with E-state index < -0.39 is 5.97 Å². The lowest BCUT2D eigenvalue weighted by Crippen LogP contribution is -2.16. The number of thiophene rings is 1. The molecule has 1 aliphatic rings. The molecule has 0 radical (unpaired) electrons. The number of benzene rings is 1. The first kappa shape index (κ1) is 12.5. The smallest absolute Gasteiger partial charge is 0.346 e. The zero-order valence-corrected chi connectivity index (χ0v) is 10.9. The molecule has 4 nitrogen and oxygen atoms in total. The fourth-order valence-corrected chi connectivity index (χ4v) is 2.95. The molecule has 3 rings (SSSR count). The van der Waals surface area contributed by atoms with Crippen LogP contribution in [0.1, 0.15) is 36.0 Å². The summed E-state index contributed by atoms with van der Waals surface area (Å²) in [5.74, 6) is -1.70. The van der Waals surface area contributed by atoms with Crippen molar-refractivity contribution in [3.8, 4) is 0 Å². The first-order valence-corrected chi connectivity index (χ1v) is 6.68. The third-order valence-corrected chi connectivity index (χ3v) is 4.01. The van der Waals surface area contributed by atoms with Crippen LogP contribution in [0, 0.1) is 0 Å². The lowest BCUT2D eigenvalue weighted by atomic mass is 9.86. The van der Waals surface area contributed by atoms with E-state index in [0.717, 1.165) is 11.3 Å². The Balaban J connectivity index is 2.18. The number of allylic oxidation sites excluding steroid dienone is 2. The molecule has 1 aliphatic carbocycles. The number of aromatic carboxylic acids is 1. The van der Waals surface area contributed by atoms with Gasteiger partial charge in [-0.05, 0) is 17.5 Å². The molecular weight excluding hydrogens is 276 g/mol. The van der Waals surface area contributed by atoms with Gasteiger partial charge in [0.15, 0.2) is 11.6 Å². The van der Waals surface area contributed by atoms with Gasteiger partial charge in [-0.2, -0.15) is 0 Å². The van der Waals surface area contributed by atoms with Crippen LogP contribution in [-0.2, 0) is 0 Å². The molecule has 0 saturated heterocycles. The predicted octanol–water partition coefficient (Wildman–Crippen LogP) is 2.91. The van der Waals surface area contributed by atoms with Crippen LogP contribution < -0.4 is 0 Å². The van der Waals surface area contributed by atoms with Crippen molar-refractivity contribution in [2.24, 2.45) is 0 Å². The van der Waals surface area contributed by atoms with Gasteiger partial charge in [0.05, 0.1) is 0 Å². The average molecular weight is 284 g/mol. The van der Waals surface area contributed by atoms with Crippen molar-refractivity contribution in [3.05, 3.63) is 63.4 Å². The summed E-state index contributed by atoms with van der Waals surface area (Å²) in [5.41, 5.74) is 1.12. The van der Waals surface area contributed by atoms with Gasteiger partial charge in [-0.1, -0.05) is 24.3 Å². The minimum atomic E-state index is -1.10. The van der Waals surface area contributed by atoms with Gasteiger partial charge in [-0.25, -0.2) is 4.79 Å². The monoisotopic (exact) mass is 284 g/mol. The summed E-state index contributed by atoms with van der Waals surface area (Å²) in [4.78, 5) is 35.7. The maximum Gasteiger partial charge on any atom is 0.346 e. The van der Waals surface area contributed by atoms with Crippen LogP contribution in [0.2, 0.25) is 0 Å². The molecule has 0 fully saturated rings. The van der Waals surface area contributed by atoms with Gasteiger partial charge in [0, 0.05) is 22.3 Å². The number of rotatable bonds is 2. The van der Waals surface area contributed by atoms with Crippen LogP contribution in [0.4, 0.5) is 0 Å². The minimum Gasteiger partial charge on any atom is -0.477 e. The highest BCUT2D eigenvalue weighted by molar-refractivity contribution is 7.12. The fourth-order valence-electron chi connectivity index (χ4n) is 2.20. The molecule has 0 bridgehead atoms. The van der Waals surface area contributed by atoms with Gasteiger partial charge in [-0.3, -0.25) is 9.59 Å². The zero-order chi connectivity index (χ0) is 14.3. The molecule has 0 atom stereocenters. The van der Waals surface area contributed by atoms with Crippen molar-refractivity contribution in [2.75, 3.05) is 0 Å². The summed E-state index contributed by atoms with van der Waals surface area (Å²) in [6.07, 6.45) is 1.22. The van der Waals surface area contributed by atoms with Crippen LogP contribution in [0.15, 0.2) is 41.8 Å². The zero-order valence-electron chi connectivity index (χ0n) is 10.1. The van der Waals surface area contributed by atoms with E-state index in [-0.39, 0.29) is 22.0 Å². The molecule has 2 aromatic rings. The highest BCUT2D eigenvalue weighted by atomic mass is 32.1. The van der Waals surface area contributed by atoms with Gasteiger partial charge < -0.3 is 5.11 Å². The Bertz CT molecular complexity index is 783. The predicted molar refractivity (Wildman–Crippen MR) is 74.4 cm³/mol. The van der Waals surface area contributed by atoms with Crippen molar-refractivity contribution < 1.29 is 19.5 Å². The molecule has 1 heterocycles. The minimum absolute atomic E-state index is 0.0665. The lowest BCUT2D eigenvalue weighted by Gasteiger charge is -2.14. The number of hydrogen-bond donors (Lipinski definition) is 1. The van der Waals surface area contributed by atoms with Crippen LogP contribution in [0.25, 0.3) is 5.57 Å². The Morgan fingerprint density at radius 2 is 1.70 bits per heavy atom. The third-order valence-electron chi connectivity index (χ3n) is 3.11. The first-order chi connectivity index (χ1) is 9.59. The summed E-state index contributed by atoms with van der Waals surface area (Å²) in [6.45, 7) is 0. The van der Waals surface area contributed by atoms with E-state index in [0.29, 0.717) is 16.7 Å². The Labute approximate surface area is 118 Å². The van der Waals surface area contributed by atoms with Gasteiger partial charge in [-0.15, -0.1) is 11.3 Å². The second kappa shape index (κ2) is 4.54. The Kier molecular flexibility index (Phi) is 2.84. The van der Waals surface area contributed by atoms with Crippen molar-refractivity contribution in [2.45, 2.75) is 0 Å². The highest BCUT2D eigenvalue weighted by Crippen LogP contribution is 2.31. The summed E-state index contributed by atoms with van der Waals surface area (Å²) < 4.78 is 0. The number of hydrogen-bond acceptors (Lipinski definition) is 4. The van der Waals surface area contributed by atoms with Gasteiger partial charge >= 0.3 is 5.97 Å². The Hall–Kier alpha value is -2.53. The number of ketones is 2. The van der Waals surface area contributed by atoms with Crippen molar-refractivity contribution in [3.63, 3.8) is 0 Å². The lowest BCUT2D eigenvalue weighted by molar-refractivity contribution is 0.0701. The van der Waals surface area contributed by atoms with E-state index in [1.165, 1.54) is 6.08 Å². The van der Waals surface area contributed by atoms with Crippen molar-refractivity contribution >= 4 is 34.4 Å². The molecule has 1 aromatic carbocycles. The van der Waals surface area contributed by atoms with Crippen molar-refractivity contribution in [1.29, 1.82) is 0 Å². The molecule has 0 aliphatic heterocycles. The largest absolute Gasteiger partial charge is 0.477 e. The molecular formula is C15H8O4S. The summed E-state index contributed by atoms with van der Waals surface area (Å²) in [7, 11) is 0. The number of Topliss-reactive ketones (excluding diaryl/α,β-unsaturated/α-hetero) is 1. The van der Waals surface area contributed by atoms with Gasteiger partial charge in [0.1, 0.15) is 4.88 Å². The van der Waals surface area contributed by atoms with E-state index in [2.05, 4.69) is 0 Å². The van der Waals surface area contributed by atoms with Gasteiger partial charge in [0.25, 0.3) is 0 Å². The second-order valence-corrected chi connectivity index (χ2v) is 5.18. The fraction of sp³-hybridized carbons (Fsp3) is 0. The molecule has 1 N–H and O–H groups in total. The number of carboxylic acid groups (broad SMARTS) is 1. The molecule has 20 heavy (non-hydrogen) atoms. The maximum absolute atomic E-state index is 12.4. The topological polar surface area (TPSA) is 71.4 Å². The molecule has 5 heteroatoms. The Morgan fingerprint density at radius 3 is 2.40 bits per heavy atom. The standard InChI is InChI=1S/C15H8O4S/c16-12-7-11(10-5-6-20-14(10)15(18)19)13(17)9-4-2-1-3-8(9)12/h1-7H,(H,18,19). The third kappa shape index (κ3) is 1.80. The van der Waals surface area contributed by atoms with E-state index in [9.17, 15) is 14.4 Å². The van der Waals surface area contributed by atoms with E-state index in [1.54, 1.807) is 35.7 Å². The van der Waals surface area contributed by atoms with Crippen LogP contribution in [-0.4, -0.2) is 22.6 Å². The van der Waals surface area contributed by atoms with E-state index >= 15 is 0 Å². The second-order valence-electron chi connectivity index (χ2n) is 4.27.